The molecule has 1 atom stereocenters. The van der Waals surface area contributed by atoms with Crippen LogP contribution in [0.2, 0.25) is 0 Å². The van der Waals surface area contributed by atoms with Crippen molar-refractivity contribution in [1.29, 1.82) is 0 Å². The van der Waals surface area contributed by atoms with Crippen LogP contribution in [0.25, 0.3) is 0 Å². The van der Waals surface area contributed by atoms with E-state index in [1.165, 1.54) is 30.6 Å². The van der Waals surface area contributed by atoms with Gasteiger partial charge in [-0.25, -0.2) is 9.67 Å². The summed E-state index contributed by atoms with van der Waals surface area (Å²) in [5, 5.41) is 16.1. The van der Waals surface area contributed by atoms with Crippen LogP contribution in [0, 0.1) is 0 Å². The summed E-state index contributed by atoms with van der Waals surface area (Å²) in [5.74, 6) is 1.85. The second-order valence-electron chi connectivity index (χ2n) is 6.22. The SMILES string of the molecule is C[C@@H](c1nc(Cc2cccs2)nn1CCO)N1CCCCCC1. The fourth-order valence-electron chi connectivity index (χ4n) is 3.26. The van der Waals surface area contributed by atoms with Crippen LogP contribution in [-0.4, -0.2) is 44.5 Å². The minimum absolute atomic E-state index is 0.0987. The number of rotatable bonds is 6. The Balaban J connectivity index is 1.79. The number of likely N-dealkylation sites (tertiary alicyclic amines) is 1. The molecule has 2 aromatic rings. The minimum atomic E-state index is 0.0987. The molecule has 6 heteroatoms. The number of hydrogen-bond donors (Lipinski definition) is 1. The van der Waals surface area contributed by atoms with Crippen molar-refractivity contribution in [1.82, 2.24) is 19.7 Å². The number of nitrogens with zero attached hydrogens (tertiary/aromatic N) is 4. The molecular weight excluding hydrogens is 308 g/mol. The molecule has 0 aromatic carbocycles. The summed E-state index contributed by atoms with van der Waals surface area (Å²) in [6, 6.07) is 4.44. The molecule has 3 rings (SSSR count). The van der Waals surface area contributed by atoms with Crippen LogP contribution >= 0.6 is 11.3 Å². The van der Waals surface area contributed by atoms with Crippen molar-refractivity contribution in [2.45, 2.75) is 51.6 Å². The smallest absolute Gasteiger partial charge is 0.156 e. The molecule has 0 saturated carbocycles. The van der Waals surface area contributed by atoms with Gasteiger partial charge in [-0.1, -0.05) is 18.9 Å². The van der Waals surface area contributed by atoms with Crippen molar-refractivity contribution in [3.63, 3.8) is 0 Å². The van der Waals surface area contributed by atoms with Crippen LogP contribution in [-0.2, 0) is 13.0 Å². The van der Waals surface area contributed by atoms with Crippen molar-refractivity contribution in [3.05, 3.63) is 34.0 Å². The molecule has 1 N–H and O–H groups in total. The highest BCUT2D eigenvalue weighted by atomic mass is 32.1. The Morgan fingerprint density at radius 3 is 2.70 bits per heavy atom. The van der Waals surface area contributed by atoms with Crippen molar-refractivity contribution in [2.24, 2.45) is 0 Å². The Kier molecular flexibility index (Phi) is 5.80. The third-order valence-corrected chi connectivity index (χ3v) is 5.41. The summed E-state index contributed by atoms with van der Waals surface area (Å²) in [6.45, 7) is 5.10. The topological polar surface area (TPSA) is 54.2 Å². The molecule has 0 unspecified atom stereocenters. The van der Waals surface area contributed by atoms with Gasteiger partial charge < -0.3 is 5.11 Å². The molecule has 0 amide bonds. The second-order valence-corrected chi connectivity index (χ2v) is 7.25. The number of aromatic nitrogens is 3. The predicted octanol–water partition coefficient (Wildman–Crippen LogP) is 2.86. The standard InChI is InChI=1S/C17H26N4OS/c1-14(20-8-4-2-3-5-9-20)17-18-16(19-21(17)10-11-22)13-15-7-6-12-23-15/h6-7,12,14,22H,2-5,8-11,13H2,1H3/t14-/m0/s1. The Morgan fingerprint density at radius 1 is 1.26 bits per heavy atom. The first kappa shape index (κ1) is 16.6. The second kappa shape index (κ2) is 8.04. The molecule has 0 spiro atoms. The van der Waals surface area contributed by atoms with Crippen LogP contribution in [0.4, 0.5) is 0 Å². The van der Waals surface area contributed by atoms with Gasteiger partial charge in [0.2, 0.25) is 0 Å². The van der Waals surface area contributed by atoms with E-state index in [-0.39, 0.29) is 12.6 Å². The Labute approximate surface area is 142 Å². The van der Waals surface area contributed by atoms with Gasteiger partial charge in [0.25, 0.3) is 0 Å². The molecule has 0 bridgehead atoms. The van der Waals surface area contributed by atoms with Crippen LogP contribution in [0.5, 0.6) is 0 Å². The highest BCUT2D eigenvalue weighted by molar-refractivity contribution is 7.09. The fourth-order valence-corrected chi connectivity index (χ4v) is 3.96. The van der Waals surface area contributed by atoms with Gasteiger partial charge in [-0.3, -0.25) is 4.90 Å². The molecule has 1 saturated heterocycles. The molecule has 23 heavy (non-hydrogen) atoms. The summed E-state index contributed by atoms with van der Waals surface area (Å²) >= 11 is 1.74. The summed E-state index contributed by atoms with van der Waals surface area (Å²) < 4.78 is 1.90. The first-order valence-corrected chi connectivity index (χ1v) is 9.47. The Bertz CT molecular complexity index is 588. The van der Waals surface area contributed by atoms with Gasteiger partial charge in [0.1, 0.15) is 5.82 Å². The maximum Gasteiger partial charge on any atom is 0.156 e. The first-order chi connectivity index (χ1) is 11.3. The fraction of sp³-hybridized carbons (Fsp3) is 0.647. The first-order valence-electron chi connectivity index (χ1n) is 8.59. The number of aliphatic hydroxyl groups is 1. The van der Waals surface area contributed by atoms with Crippen LogP contribution in [0.1, 0.15) is 55.2 Å². The van der Waals surface area contributed by atoms with Gasteiger partial charge in [-0.15, -0.1) is 11.3 Å². The summed E-state index contributed by atoms with van der Waals surface area (Å²) in [6.07, 6.45) is 5.96. The maximum atomic E-state index is 9.35. The van der Waals surface area contributed by atoms with Crippen LogP contribution in [0.15, 0.2) is 17.5 Å². The largest absolute Gasteiger partial charge is 0.394 e. The predicted molar refractivity (Wildman–Crippen MR) is 92.7 cm³/mol. The van der Waals surface area contributed by atoms with Crippen LogP contribution < -0.4 is 0 Å². The normalized spacial score (nSPS) is 18.0. The quantitative estimate of drug-likeness (QED) is 0.882. The lowest BCUT2D eigenvalue weighted by Crippen LogP contribution is -2.30. The highest BCUT2D eigenvalue weighted by Gasteiger charge is 2.23. The lowest BCUT2D eigenvalue weighted by atomic mass is 10.2. The summed E-state index contributed by atoms with van der Waals surface area (Å²) in [5.41, 5.74) is 0. The monoisotopic (exact) mass is 334 g/mol. The average molecular weight is 334 g/mol. The van der Waals surface area contributed by atoms with Crippen LogP contribution in [0.3, 0.4) is 0 Å². The number of aliphatic hydroxyl groups excluding tert-OH is 1. The molecule has 1 fully saturated rings. The number of thiophene rings is 1. The van der Waals surface area contributed by atoms with Gasteiger partial charge in [0.15, 0.2) is 5.82 Å². The van der Waals surface area contributed by atoms with Gasteiger partial charge in [0, 0.05) is 11.3 Å². The average Bonchev–Trinajstić information content (AvgIpc) is 3.10. The van der Waals surface area contributed by atoms with Crippen molar-refractivity contribution < 1.29 is 5.11 Å². The summed E-state index contributed by atoms with van der Waals surface area (Å²) in [7, 11) is 0. The van der Waals surface area contributed by atoms with Gasteiger partial charge in [-0.05, 0) is 44.3 Å². The van der Waals surface area contributed by atoms with Gasteiger partial charge in [0.05, 0.1) is 19.2 Å². The number of hydrogen-bond acceptors (Lipinski definition) is 5. The zero-order chi connectivity index (χ0) is 16.1. The van der Waals surface area contributed by atoms with E-state index in [1.54, 1.807) is 11.3 Å². The molecule has 1 aliphatic heterocycles. The minimum Gasteiger partial charge on any atom is -0.394 e. The third-order valence-electron chi connectivity index (χ3n) is 4.53. The van der Waals surface area contributed by atoms with E-state index in [1.807, 2.05) is 4.68 Å². The van der Waals surface area contributed by atoms with E-state index in [9.17, 15) is 5.11 Å². The Hall–Kier alpha value is -1.24. The van der Waals surface area contributed by atoms with E-state index < -0.39 is 0 Å². The molecule has 5 nitrogen and oxygen atoms in total. The molecule has 3 heterocycles. The third kappa shape index (κ3) is 4.19. The van der Waals surface area contributed by atoms with Crippen molar-refractivity contribution in [2.75, 3.05) is 19.7 Å². The Morgan fingerprint density at radius 2 is 2.04 bits per heavy atom. The van der Waals surface area contributed by atoms with E-state index in [2.05, 4.69) is 34.4 Å². The van der Waals surface area contributed by atoms with Gasteiger partial charge >= 0.3 is 0 Å². The molecule has 0 aliphatic carbocycles. The summed E-state index contributed by atoms with van der Waals surface area (Å²) in [4.78, 5) is 8.61. The molecular formula is C17H26N4OS. The highest BCUT2D eigenvalue weighted by Crippen LogP contribution is 2.23. The van der Waals surface area contributed by atoms with E-state index >= 15 is 0 Å². The molecule has 126 valence electrons. The van der Waals surface area contributed by atoms with E-state index in [4.69, 9.17) is 4.98 Å². The molecule has 2 aromatic heterocycles. The van der Waals surface area contributed by atoms with Gasteiger partial charge in [-0.2, -0.15) is 5.10 Å². The lowest BCUT2D eigenvalue weighted by Gasteiger charge is -2.26. The molecule has 1 aliphatic rings. The van der Waals surface area contributed by atoms with Crippen molar-refractivity contribution >= 4 is 11.3 Å². The zero-order valence-corrected chi connectivity index (χ0v) is 14.6. The van der Waals surface area contributed by atoms with E-state index in [0.29, 0.717) is 6.54 Å². The zero-order valence-electron chi connectivity index (χ0n) is 13.8. The lowest BCUT2D eigenvalue weighted by molar-refractivity contribution is 0.199. The molecule has 0 radical (unpaired) electrons. The van der Waals surface area contributed by atoms with E-state index in [0.717, 1.165) is 31.2 Å². The van der Waals surface area contributed by atoms with Crippen molar-refractivity contribution in [3.8, 4) is 0 Å². The maximum absolute atomic E-state index is 9.35.